The third kappa shape index (κ3) is 1.63. The fraction of sp³-hybridized carbons (Fsp3) is 0.611. The van der Waals surface area contributed by atoms with E-state index in [1.807, 2.05) is 0 Å². The van der Waals surface area contributed by atoms with E-state index in [0.717, 1.165) is 17.5 Å². The van der Waals surface area contributed by atoms with Gasteiger partial charge in [-0.3, -0.25) is 0 Å². The highest BCUT2D eigenvalue weighted by Crippen LogP contribution is 2.56. The molecule has 2 N–H and O–H groups in total. The SMILES string of the molecule is CN1CC[C@]23CCCC[C@H]2[C@H]1Cc1cc2sc(N)nc2cc13. The van der Waals surface area contributed by atoms with Crippen LogP contribution in [0.3, 0.4) is 0 Å². The molecule has 5 rings (SSSR count). The van der Waals surface area contributed by atoms with Gasteiger partial charge in [0.15, 0.2) is 5.13 Å². The fourth-order valence-electron chi connectivity index (χ4n) is 5.64. The molecule has 0 unspecified atom stereocenters. The number of thiazole rings is 1. The van der Waals surface area contributed by atoms with Crippen LogP contribution in [0.4, 0.5) is 5.13 Å². The van der Waals surface area contributed by atoms with Crippen LogP contribution in [0.1, 0.15) is 43.2 Å². The smallest absolute Gasteiger partial charge is 0.181 e. The first-order valence-corrected chi connectivity index (χ1v) is 9.39. The van der Waals surface area contributed by atoms with Gasteiger partial charge >= 0.3 is 0 Å². The van der Waals surface area contributed by atoms with Crippen molar-refractivity contribution in [1.82, 2.24) is 9.88 Å². The molecular formula is C18H23N3S. The quantitative estimate of drug-likeness (QED) is 0.808. The van der Waals surface area contributed by atoms with Crippen LogP contribution in [0, 0.1) is 5.92 Å². The molecule has 1 aromatic carbocycles. The summed E-state index contributed by atoms with van der Waals surface area (Å²) in [4.78, 5) is 7.19. The summed E-state index contributed by atoms with van der Waals surface area (Å²) >= 11 is 1.63. The van der Waals surface area contributed by atoms with Gasteiger partial charge < -0.3 is 10.6 Å². The minimum Gasteiger partial charge on any atom is -0.375 e. The number of aromatic nitrogens is 1. The standard InChI is InChI=1S/C18H23N3S/c1-21-7-6-18-5-3-2-4-12(18)15(21)8-11-9-16-14(10-13(11)18)20-17(19)22-16/h9-10,12,15H,2-8H2,1H3,(H2,19,20)/t12-,15+,18+/m0/s1. The Morgan fingerprint density at radius 1 is 1.32 bits per heavy atom. The fourth-order valence-corrected chi connectivity index (χ4v) is 6.42. The molecule has 2 aromatic rings. The molecule has 3 nitrogen and oxygen atoms in total. The second kappa shape index (κ2) is 4.45. The average molecular weight is 313 g/mol. The van der Waals surface area contributed by atoms with Crippen molar-refractivity contribution >= 4 is 26.7 Å². The molecule has 116 valence electrons. The number of fused-ring (bicyclic) bond motifs is 2. The lowest BCUT2D eigenvalue weighted by Crippen LogP contribution is -2.59. The van der Waals surface area contributed by atoms with Gasteiger partial charge in [-0.2, -0.15) is 0 Å². The first kappa shape index (κ1) is 13.3. The largest absolute Gasteiger partial charge is 0.375 e. The topological polar surface area (TPSA) is 42.1 Å². The molecule has 3 atom stereocenters. The summed E-state index contributed by atoms with van der Waals surface area (Å²) < 4.78 is 1.27. The maximum Gasteiger partial charge on any atom is 0.181 e. The lowest BCUT2D eigenvalue weighted by molar-refractivity contribution is 0.00298. The summed E-state index contributed by atoms with van der Waals surface area (Å²) in [6, 6.07) is 5.54. The van der Waals surface area contributed by atoms with E-state index in [1.165, 1.54) is 49.8 Å². The number of likely N-dealkylation sites (tertiary alicyclic amines) is 1. The van der Waals surface area contributed by atoms with E-state index >= 15 is 0 Å². The van der Waals surface area contributed by atoms with E-state index in [1.54, 1.807) is 22.5 Å². The molecule has 0 radical (unpaired) electrons. The van der Waals surface area contributed by atoms with Crippen LogP contribution in [0.25, 0.3) is 10.2 Å². The molecule has 0 amide bonds. The zero-order valence-electron chi connectivity index (χ0n) is 13.1. The summed E-state index contributed by atoms with van der Waals surface area (Å²) in [7, 11) is 2.33. The van der Waals surface area contributed by atoms with Crippen molar-refractivity contribution in [1.29, 1.82) is 0 Å². The van der Waals surface area contributed by atoms with Gasteiger partial charge in [-0.15, -0.1) is 0 Å². The lowest BCUT2D eigenvalue weighted by Gasteiger charge is -2.58. The van der Waals surface area contributed by atoms with Crippen LogP contribution in [0.5, 0.6) is 0 Å². The summed E-state index contributed by atoms with van der Waals surface area (Å²) in [5.74, 6) is 0.848. The number of nitrogens with two attached hydrogens (primary N) is 1. The number of hydrogen-bond donors (Lipinski definition) is 1. The second-order valence-electron chi connectivity index (χ2n) is 7.54. The van der Waals surface area contributed by atoms with Gasteiger partial charge in [-0.25, -0.2) is 4.98 Å². The van der Waals surface area contributed by atoms with Crippen LogP contribution in [-0.2, 0) is 11.8 Å². The van der Waals surface area contributed by atoms with Crippen molar-refractivity contribution in [3.8, 4) is 0 Å². The maximum atomic E-state index is 5.95. The highest BCUT2D eigenvalue weighted by molar-refractivity contribution is 7.22. The van der Waals surface area contributed by atoms with Gasteiger partial charge in [-0.1, -0.05) is 24.2 Å². The second-order valence-corrected chi connectivity index (χ2v) is 8.60. The molecule has 1 aromatic heterocycles. The van der Waals surface area contributed by atoms with E-state index in [2.05, 4.69) is 29.1 Å². The van der Waals surface area contributed by atoms with Crippen molar-refractivity contribution in [2.45, 2.75) is 50.0 Å². The molecule has 3 aliphatic rings. The Labute approximate surface area is 135 Å². The molecule has 1 saturated carbocycles. The van der Waals surface area contributed by atoms with Gasteiger partial charge in [0.1, 0.15) is 0 Å². The summed E-state index contributed by atoms with van der Waals surface area (Å²) in [6.45, 7) is 1.25. The van der Waals surface area contributed by atoms with Gasteiger partial charge in [-0.05, 0) is 68.5 Å². The Hall–Kier alpha value is -1.13. The van der Waals surface area contributed by atoms with Crippen LogP contribution in [0.15, 0.2) is 12.1 Å². The zero-order chi connectivity index (χ0) is 14.9. The van der Waals surface area contributed by atoms with Gasteiger partial charge in [0, 0.05) is 11.5 Å². The highest BCUT2D eigenvalue weighted by Gasteiger charge is 2.53. The number of piperidine rings is 1. The Kier molecular flexibility index (Phi) is 2.70. The first-order valence-electron chi connectivity index (χ1n) is 8.57. The van der Waals surface area contributed by atoms with Crippen LogP contribution < -0.4 is 5.73 Å². The molecule has 0 spiro atoms. The Bertz CT molecular complexity index is 752. The molecule has 22 heavy (non-hydrogen) atoms. The van der Waals surface area contributed by atoms with Crippen LogP contribution in [-0.4, -0.2) is 29.5 Å². The van der Waals surface area contributed by atoms with Gasteiger partial charge in [0.05, 0.1) is 10.2 Å². The van der Waals surface area contributed by atoms with Crippen LogP contribution >= 0.6 is 11.3 Å². The van der Waals surface area contributed by atoms with Crippen LogP contribution in [0.2, 0.25) is 0 Å². The number of likely N-dealkylation sites (N-methyl/N-ethyl adjacent to an activating group) is 1. The Morgan fingerprint density at radius 3 is 3.14 bits per heavy atom. The summed E-state index contributed by atoms with van der Waals surface area (Å²) in [5.41, 5.74) is 10.7. The predicted molar refractivity (Wildman–Crippen MR) is 92.4 cm³/mol. The van der Waals surface area contributed by atoms with E-state index < -0.39 is 0 Å². The molecule has 1 saturated heterocycles. The molecule has 2 aliphatic carbocycles. The van der Waals surface area contributed by atoms with E-state index in [0.29, 0.717) is 10.5 Å². The number of anilines is 1. The Balaban J connectivity index is 1.76. The van der Waals surface area contributed by atoms with E-state index in [9.17, 15) is 0 Å². The lowest BCUT2D eigenvalue weighted by atomic mass is 9.52. The molecule has 2 bridgehead atoms. The summed E-state index contributed by atoms with van der Waals surface area (Å²) in [5, 5.41) is 0.704. The maximum absolute atomic E-state index is 5.95. The number of hydrogen-bond acceptors (Lipinski definition) is 4. The molecule has 2 heterocycles. The minimum absolute atomic E-state index is 0.426. The van der Waals surface area contributed by atoms with Crippen molar-refractivity contribution < 1.29 is 0 Å². The van der Waals surface area contributed by atoms with Crippen molar-refractivity contribution in [2.24, 2.45) is 5.92 Å². The summed E-state index contributed by atoms with van der Waals surface area (Å²) in [6.07, 6.45) is 8.13. The van der Waals surface area contributed by atoms with Gasteiger partial charge in [0.2, 0.25) is 0 Å². The van der Waals surface area contributed by atoms with Crippen molar-refractivity contribution in [2.75, 3.05) is 19.3 Å². The van der Waals surface area contributed by atoms with E-state index in [4.69, 9.17) is 5.73 Å². The molecular weight excluding hydrogens is 290 g/mol. The highest BCUT2D eigenvalue weighted by atomic mass is 32.1. The number of rotatable bonds is 0. The van der Waals surface area contributed by atoms with E-state index in [-0.39, 0.29) is 0 Å². The minimum atomic E-state index is 0.426. The molecule has 4 heteroatoms. The van der Waals surface area contributed by atoms with Crippen molar-refractivity contribution in [3.05, 3.63) is 23.3 Å². The Morgan fingerprint density at radius 2 is 2.23 bits per heavy atom. The number of nitrogen functional groups attached to an aromatic ring is 1. The zero-order valence-corrected chi connectivity index (χ0v) is 14.0. The molecule has 2 fully saturated rings. The number of benzene rings is 1. The van der Waals surface area contributed by atoms with Gasteiger partial charge in [0.25, 0.3) is 0 Å². The monoisotopic (exact) mass is 313 g/mol. The number of nitrogens with zero attached hydrogens (tertiary/aromatic N) is 2. The first-order chi connectivity index (χ1) is 10.7. The average Bonchev–Trinajstić information content (AvgIpc) is 2.88. The normalized spacial score (nSPS) is 34.4. The third-order valence-electron chi connectivity index (χ3n) is 6.63. The van der Waals surface area contributed by atoms with Crippen molar-refractivity contribution in [3.63, 3.8) is 0 Å². The predicted octanol–water partition coefficient (Wildman–Crippen LogP) is 3.57. The molecule has 1 aliphatic heterocycles. The third-order valence-corrected chi connectivity index (χ3v) is 7.48.